The molecule has 5 aromatic rings. The fraction of sp³-hybridized carbons (Fsp3) is 0. The lowest BCUT2D eigenvalue weighted by Crippen LogP contribution is -1.93. The Bertz CT molecular complexity index is 1490. The van der Waals surface area contributed by atoms with E-state index in [0.29, 0.717) is 9.79 Å². The highest BCUT2D eigenvalue weighted by atomic mass is 79.9. The van der Waals surface area contributed by atoms with Gasteiger partial charge in [-0.1, -0.05) is 47.8 Å². The van der Waals surface area contributed by atoms with Gasteiger partial charge in [-0.3, -0.25) is 0 Å². The molecule has 0 aliphatic heterocycles. The van der Waals surface area contributed by atoms with Gasteiger partial charge in [0.1, 0.15) is 9.75 Å². The van der Waals surface area contributed by atoms with Gasteiger partial charge in [0.05, 0.1) is 0 Å². The molecule has 0 atom stereocenters. The summed E-state index contributed by atoms with van der Waals surface area (Å²) in [5.41, 5.74) is 0. The van der Waals surface area contributed by atoms with Crippen molar-refractivity contribution >= 4 is 110 Å². The first-order chi connectivity index (χ1) is 16.3. The molecule has 10 heteroatoms. The average Bonchev–Trinajstić information content (AvgIpc) is 3.33. The van der Waals surface area contributed by atoms with Crippen LogP contribution in [-0.4, -0.2) is 22.2 Å². The van der Waals surface area contributed by atoms with Crippen LogP contribution in [0.25, 0.3) is 20.2 Å². The van der Waals surface area contributed by atoms with Gasteiger partial charge in [-0.05, 0) is 68.3 Å². The van der Waals surface area contributed by atoms with Crippen molar-refractivity contribution in [3.05, 3.63) is 79.4 Å². The van der Waals surface area contributed by atoms with Crippen molar-refractivity contribution < 1.29 is 19.8 Å². The summed E-state index contributed by atoms with van der Waals surface area (Å²) in [4.78, 5) is 27.9. The number of hydrogen-bond acceptors (Lipinski definition) is 6. The van der Waals surface area contributed by atoms with Gasteiger partial charge in [0.15, 0.2) is 0 Å². The van der Waals surface area contributed by atoms with Gasteiger partial charge in [0.2, 0.25) is 0 Å². The van der Waals surface area contributed by atoms with E-state index >= 15 is 0 Å². The van der Waals surface area contributed by atoms with E-state index in [1.807, 2.05) is 60.7 Å². The lowest BCUT2D eigenvalue weighted by atomic mass is 10.2. The summed E-state index contributed by atoms with van der Waals surface area (Å²) < 4.78 is 3.38. The molecule has 0 amide bonds. The summed E-state index contributed by atoms with van der Waals surface area (Å²) in [5.74, 6) is -1.96. The normalized spacial score (nSPS) is 11.4. The van der Waals surface area contributed by atoms with Crippen LogP contribution >= 0.6 is 78.1 Å². The molecular formula is C24H12Br2O4S4. The second-order valence-electron chi connectivity index (χ2n) is 7.04. The zero-order valence-corrected chi connectivity index (χ0v) is 23.3. The standard InChI is InChI=1S/C24H12Br2O4S4/c25-13-5-1-3-7-15(13)31-19-11-9-18-12(10-17(11)33-21(19)23(27)28)20(22(34-18)24(29)30)32-16-8-4-2-6-14(16)26/h1-10H,(H,27,28)(H,29,30). The predicted molar refractivity (Wildman–Crippen MR) is 148 cm³/mol. The monoisotopic (exact) mass is 650 g/mol. The quantitative estimate of drug-likeness (QED) is 0.191. The van der Waals surface area contributed by atoms with Crippen LogP contribution in [-0.2, 0) is 0 Å². The van der Waals surface area contributed by atoms with E-state index in [9.17, 15) is 19.8 Å². The molecular weight excluding hydrogens is 640 g/mol. The summed E-state index contributed by atoms with van der Waals surface area (Å²) in [6.07, 6.45) is 0. The van der Waals surface area contributed by atoms with Crippen LogP contribution in [0.5, 0.6) is 0 Å². The van der Waals surface area contributed by atoms with E-state index in [1.165, 1.54) is 46.2 Å². The van der Waals surface area contributed by atoms with Crippen molar-refractivity contribution in [3.8, 4) is 0 Å². The lowest BCUT2D eigenvalue weighted by Gasteiger charge is -2.06. The third-order valence-electron chi connectivity index (χ3n) is 4.89. The van der Waals surface area contributed by atoms with Gasteiger partial charge in [0, 0.05) is 48.7 Å². The number of rotatable bonds is 6. The number of thiophene rings is 2. The Balaban J connectivity index is 1.72. The van der Waals surface area contributed by atoms with Crippen molar-refractivity contribution in [1.82, 2.24) is 0 Å². The number of aromatic carboxylic acids is 2. The van der Waals surface area contributed by atoms with E-state index in [0.717, 1.165) is 38.9 Å². The summed E-state index contributed by atoms with van der Waals surface area (Å²) in [6.45, 7) is 0. The Labute approximate surface area is 227 Å². The number of carboxylic acid groups (broad SMARTS) is 2. The van der Waals surface area contributed by atoms with Crippen LogP contribution in [0, 0.1) is 0 Å². The molecule has 0 aliphatic rings. The molecule has 0 fully saturated rings. The topological polar surface area (TPSA) is 74.6 Å². The molecule has 170 valence electrons. The summed E-state index contributed by atoms with van der Waals surface area (Å²) in [5, 5.41) is 21.4. The van der Waals surface area contributed by atoms with E-state index in [1.54, 1.807) is 0 Å². The molecule has 0 bridgehead atoms. The predicted octanol–water partition coefficient (Wildman–Crippen LogP) is 9.34. The van der Waals surface area contributed by atoms with Crippen molar-refractivity contribution in [3.63, 3.8) is 0 Å². The van der Waals surface area contributed by atoms with E-state index in [-0.39, 0.29) is 9.75 Å². The molecule has 4 nitrogen and oxygen atoms in total. The second-order valence-corrected chi connectivity index (χ2v) is 13.0. The average molecular weight is 652 g/mol. The molecule has 5 rings (SSSR count). The maximum absolute atomic E-state index is 12.1. The minimum Gasteiger partial charge on any atom is -0.477 e. The summed E-state index contributed by atoms with van der Waals surface area (Å²) >= 11 is 12.3. The van der Waals surface area contributed by atoms with Gasteiger partial charge in [-0.2, -0.15) is 0 Å². The Morgan fingerprint density at radius 1 is 0.676 bits per heavy atom. The minimum absolute atomic E-state index is 0.270. The van der Waals surface area contributed by atoms with Gasteiger partial charge in [0.25, 0.3) is 0 Å². The van der Waals surface area contributed by atoms with Gasteiger partial charge in [-0.25, -0.2) is 9.59 Å². The van der Waals surface area contributed by atoms with Gasteiger partial charge >= 0.3 is 11.9 Å². The van der Waals surface area contributed by atoms with E-state index in [2.05, 4.69) is 31.9 Å². The zero-order chi connectivity index (χ0) is 24.0. The van der Waals surface area contributed by atoms with Crippen LogP contribution in [0.2, 0.25) is 0 Å². The Morgan fingerprint density at radius 3 is 1.41 bits per heavy atom. The lowest BCUT2D eigenvalue weighted by molar-refractivity contribution is 0.0688. The van der Waals surface area contributed by atoms with E-state index < -0.39 is 11.9 Å². The zero-order valence-electron chi connectivity index (χ0n) is 16.9. The fourth-order valence-electron chi connectivity index (χ4n) is 3.40. The third kappa shape index (κ3) is 4.43. The number of benzene rings is 3. The molecule has 2 N–H and O–H groups in total. The maximum atomic E-state index is 12.1. The highest BCUT2D eigenvalue weighted by Gasteiger charge is 2.24. The maximum Gasteiger partial charge on any atom is 0.347 e. The first-order valence-electron chi connectivity index (χ1n) is 9.68. The molecule has 0 saturated heterocycles. The number of carbonyl (C=O) groups is 2. The molecule has 0 unspecified atom stereocenters. The van der Waals surface area contributed by atoms with Crippen molar-refractivity contribution in [2.24, 2.45) is 0 Å². The largest absolute Gasteiger partial charge is 0.477 e. The number of halogens is 2. The van der Waals surface area contributed by atoms with Crippen LogP contribution in [0.4, 0.5) is 0 Å². The summed E-state index contributed by atoms with van der Waals surface area (Å²) in [6, 6.07) is 19.2. The van der Waals surface area contributed by atoms with Crippen LogP contribution < -0.4 is 0 Å². The van der Waals surface area contributed by atoms with Crippen molar-refractivity contribution in [2.45, 2.75) is 19.6 Å². The minimum atomic E-state index is -0.979. The Morgan fingerprint density at radius 2 is 1.06 bits per heavy atom. The van der Waals surface area contributed by atoms with Crippen LogP contribution in [0.15, 0.2) is 89.2 Å². The second kappa shape index (κ2) is 9.67. The van der Waals surface area contributed by atoms with Gasteiger partial charge < -0.3 is 10.2 Å². The molecule has 0 radical (unpaired) electrons. The first kappa shape index (κ1) is 23.9. The number of carboxylic acids is 2. The number of fused-ring (bicyclic) bond motifs is 2. The number of hydrogen-bond donors (Lipinski definition) is 2. The van der Waals surface area contributed by atoms with Crippen molar-refractivity contribution in [2.75, 3.05) is 0 Å². The molecule has 0 saturated carbocycles. The molecule has 2 heterocycles. The van der Waals surface area contributed by atoms with Gasteiger partial charge in [-0.15, -0.1) is 22.7 Å². The molecule has 0 spiro atoms. The highest BCUT2D eigenvalue weighted by Crippen LogP contribution is 2.49. The smallest absolute Gasteiger partial charge is 0.347 e. The first-order valence-corrected chi connectivity index (χ1v) is 14.5. The van der Waals surface area contributed by atoms with Crippen LogP contribution in [0.1, 0.15) is 19.3 Å². The SMILES string of the molecule is O=C(O)c1sc2cc3c(Sc4ccccc4Br)c(C(=O)O)sc3cc2c1Sc1ccccc1Br. The van der Waals surface area contributed by atoms with E-state index in [4.69, 9.17) is 0 Å². The molecule has 0 aliphatic carbocycles. The highest BCUT2D eigenvalue weighted by molar-refractivity contribution is 9.10. The summed E-state index contributed by atoms with van der Waals surface area (Å²) in [7, 11) is 0. The van der Waals surface area contributed by atoms with Crippen molar-refractivity contribution in [1.29, 1.82) is 0 Å². The fourth-order valence-corrected chi connectivity index (χ4v) is 8.98. The molecule has 34 heavy (non-hydrogen) atoms. The molecule has 2 aromatic heterocycles. The third-order valence-corrected chi connectivity index (χ3v) is 11.7. The Kier molecular flexibility index (Phi) is 6.80. The molecule has 3 aromatic carbocycles. The Hall–Kier alpha value is -1.82. The van der Waals surface area contributed by atoms with Crippen LogP contribution in [0.3, 0.4) is 0 Å².